The molecule has 2 aromatic rings. The summed E-state index contributed by atoms with van der Waals surface area (Å²) in [7, 11) is 0. The van der Waals surface area contributed by atoms with Crippen LogP contribution in [0.4, 0.5) is 11.4 Å². The van der Waals surface area contributed by atoms with Gasteiger partial charge in [0, 0.05) is 37.9 Å². The Morgan fingerprint density at radius 3 is 2.50 bits per heavy atom. The summed E-state index contributed by atoms with van der Waals surface area (Å²) in [6.45, 7) is 5.25. The number of aryl methyl sites for hydroxylation is 1. The number of amides is 1. The molecule has 1 amide bonds. The molecule has 154 valence electrons. The fourth-order valence-electron chi connectivity index (χ4n) is 3.51. The molecule has 0 radical (unpaired) electrons. The number of aliphatic imine (C=N–C) groups is 1. The molecule has 0 spiro atoms. The molecule has 2 aromatic carbocycles. The van der Waals surface area contributed by atoms with Crippen molar-refractivity contribution in [3.8, 4) is 5.75 Å². The molecule has 8 nitrogen and oxygen atoms in total. The van der Waals surface area contributed by atoms with Crippen molar-refractivity contribution in [2.75, 3.05) is 31.1 Å². The molecule has 2 aliphatic heterocycles. The molecule has 0 unspecified atom stereocenters. The molecular formula is C21H19N4O4S-. The molecule has 2 aliphatic rings. The number of amidine groups is 1. The molecule has 0 saturated carbocycles. The van der Waals surface area contributed by atoms with Crippen LogP contribution in [0.2, 0.25) is 0 Å². The summed E-state index contributed by atoms with van der Waals surface area (Å²) in [6.07, 6.45) is 1.54. The summed E-state index contributed by atoms with van der Waals surface area (Å²) in [5, 5.41) is 23.2. The lowest BCUT2D eigenvalue weighted by Crippen LogP contribution is -2.48. The van der Waals surface area contributed by atoms with E-state index in [0.29, 0.717) is 15.6 Å². The molecular weight excluding hydrogens is 404 g/mol. The van der Waals surface area contributed by atoms with E-state index >= 15 is 0 Å². The normalized spacial score (nSPS) is 18.1. The minimum atomic E-state index is -0.718. The Balaban J connectivity index is 1.44. The van der Waals surface area contributed by atoms with Crippen LogP contribution in [0.1, 0.15) is 11.1 Å². The zero-order chi connectivity index (χ0) is 21.3. The van der Waals surface area contributed by atoms with Gasteiger partial charge in [-0.3, -0.25) is 14.9 Å². The van der Waals surface area contributed by atoms with E-state index < -0.39 is 16.4 Å². The van der Waals surface area contributed by atoms with E-state index in [9.17, 15) is 20.0 Å². The number of benzene rings is 2. The predicted molar refractivity (Wildman–Crippen MR) is 116 cm³/mol. The van der Waals surface area contributed by atoms with Crippen molar-refractivity contribution in [2.24, 2.45) is 4.99 Å². The first-order chi connectivity index (χ1) is 14.4. The Hall–Kier alpha value is -3.33. The third kappa shape index (κ3) is 4.02. The second kappa shape index (κ2) is 8.19. The van der Waals surface area contributed by atoms with E-state index in [1.807, 2.05) is 12.1 Å². The maximum Gasteiger partial charge on any atom is 0.286 e. The zero-order valence-electron chi connectivity index (χ0n) is 16.3. The van der Waals surface area contributed by atoms with Crippen LogP contribution in [0.3, 0.4) is 0 Å². The number of carbonyl (C=O) groups is 1. The second-order valence-electron chi connectivity index (χ2n) is 7.06. The van der Waals surface area contributed by atoms with Gasteiger partial charge in [-0.1, -0.05) is 30.3 Å². The highest BCUT2D eigenvalue weighted by Crippen LogP contribution is 2.33. The maximum absolute atomic E-state index is 12.3. The van der Waals surface area contributed by atoms with Crippen LogP contribution >= 0.6 is 11.8 Å². The number of nitrogens with zero attached hydrogens (tertiary/aromatic N) is 4. The standard InChI is InChI=1S/C21H20N4O4S/c1-14-4-2-3-5-16(14)23-8-10-24(11-9-23)21-22-20(27)19(30-21)13-15-6-7-18(26)17(12-15)25(28)29/h2-7,12-13,26H,8-11H2,1H3/p-1/b19-13+. The Kier molecular flexibility index (Phi) is 5.45. The molecule has 1 saturated heterocycles. The number of thioether (sulfide) groups is 1. The minimum Gasteiger partial charge on any atom is -0.868 e. The van der Waals surface area contributed by atoms with E-state index in [1.54, 1.807) is 6.08 Å². The van der Waals surface area contributed by atoms with Crippen LogP contribution in [0.15, 0.2) is 52.4 Å². The molecule has 2 heterocycles. The first kappa shape index (κ1) is 20.0. The van der Waals surface area contributed by atoms with Gasteiger partial charge in [0.05, 0.1) is 9.83 Å². The Morgan fingerprint density at radius 2 is 1.80 bits per heavy atom. The summed E-state index contributed by atoms with van der Waals surface area (Å²) >= 11 is 1.26. The van der Waals surface area contributed by atoms with Gasteiger partial charge < -0.3 is 14.9 Å². The fraction of sp³-hybridized carbons (Fsp3) is 0.238. The van der Waals surface area contributed by atoms with Crippen molar-refractivity contribution in [3.05, 3.63) is 68.6 Å². The quantitative estimate of drug-likeness (QED) is 0.425. The Bertz CT molecular complexity index is 1070. The van der Waals surface area contributed by atoms with Gasteiger partial charge in [0.1, 0.15) is 0 Å². The number of hydrogen-bond donors (Lipinski definition) is 0. The second-order valence-corrected chi connectivity index (χ2v) is 8.06. The van der Waals surface area contributed by atoms with E-state index in [0.717, 1.165) is 32.2 Å². The number of carbonyl (C=O) groups excluding carboxylic acids is 1. The van der Waals surface area contributed by atoms with Crippen molar-refractivity contribution >= 4 is 40.3 Å². The molecule has 0 bridgehead atoms. The highest BCUT2D eigenvalue weighted by Gasteiger charge is 2.28. The number of piperazine rings is 1. The lowest BCUT2D eigenvalue weighted by molar-refractivity contribution is -0.398. The van der Waals surface area contributed by atoms with Gasteiger partial charge in [0.25, 0.3) is 11.6 Å². The number of para-hydroxylation sites is 1. The summed E-state index contributed by atoms with van der Waals surface area (Å²) in [5.41, 5.74) is 2.38. The Morgan fingerprint density at radius 1 is 1.10 bits per heavy atom. The van der Waals surface area contributed by atoms with Gasteiger partial charge in [-0.05, 0) is 47.7 Å². The molecule has 9 heteroatoms. The number of nitro groups is 1. The lowest BCUT2D eigenvalue weighted by atomic mass is 10.1. The number of nitro benzene ring substituents is 1. The van der Waals surface area contributed by atoms with Crippen molar-refractivity contribution in [3.63, 3.8) is 0 Å². The van der Waals surface area contributed by atoms with Gasteiger partial charge >= 0.3 is 0 Å². The maximum atomic E-state index is 12.3. The summed E-state index contributed by atoms with van der Waals surface area (Å²) < 4.78 is 0. The first-order valence-corrected chi connectivity index (χ1v) is 10.3. The van der Waals surface area contributed by atoms with Crippen LogP contribution in [0.5, 0.6) is 5.75 Å². The Labute approximate surface area is 177 Å². The molecule has 4 rings (SSSR count). The van der Waals surface area contributed by atoms with Crippen LogP contribution in [-0.2, 0) is 4.79 Å². The molecule has 0 atom stereocenters. The van der Waals surface area contributed by atoms with Crippen LogP contribution in [0.25, 0.3) is 6.08 Å². The lowest BCUT2D eigenvalue weighted by Gasteiger charge is -2.37. The van der Waals surface area contributed by atoms with Crippen LogP contribution in [-0.4, -0.2) is 47.1 Å². The first-order valence-electron chi connectivity index (χ1n) is 9.46. The molecule has 1 fully saturated rings. The predicted octanol–water partition coefficient (Wildman–Crippen LogP) is 2.77. The molecule has 30 heavy (non-hydrogen) atoms. The van der Waals surface area contributed by atoms with Crippen molar-refractivity contribution in [1.29, 1.82) is 0 Å². The number of rotatable bonds is 3. The molecule has 0 aliphatic carbocycles. The van der Waals surface area contributed by atoms with Crippen LogP contribution < -0.4 is 10.0 Å². The van der Waals surface area contributed by atoms with Crippen molar-refractivity contribution in [1.82, 2.24) is 4.90 Å². The summed E-state index contributed by atoms with van der Waals surface area (Å²) in [5.74, 6) is -1.03. The van der Waals surface area contributed by atoms with E-state index in [1.165, 1.54) is 35.1 Å². The largest absolute Gasteiger partial charge is 0.868 e. The number of anilines is 1. The SMILES string of the molecule is Cc1ccccc1N1CCN(C2=NC(=O)/C(=C\c3ccc([O-])c([N+](=O)[O-])c3)S2)CC1. The average Bonchev–Trinajstić information content (AvgIpc) is 3.10. The minimum absolute atomic E-state index is 0.370. The van der Waals surface area contributed by atoms with E-state index in [-0.39, 0.29) is 5.91 Å². The third-order valence-corrected chi connectivity index (χ3v) is 6.14. The van der Waals surface area contributed by atoms with E-state index in [4.69, 9.17) is 0 Å². The number of hydrogen-bond acceptors (Lipinski definition) is 7. The monoisotopic (exact) mass is 423 g/mol. The van der Waals surface area contributed by atoms with E-state index in [2.05, 4.69) is 33.8 Å². The summed E-state index contributed by atoms with van der Waals surface area (Å²) in [4.78, 5) is 31.5. The molecule has 0 N–H and O–H groups in total. The van der Waals surface area contributed by atoms with Gasteiger partial charge in [0.15, 0.2) is 5.17 Å². The fourth-order valence-corrected chi connectivity index (χ4v) is 4.47. The molecule has 0 aromatic heterocycles. The van der Waals surface area contributed by atoms with Gasteiger partial charge in [-0.2, -0.15) is 4.99 Å². The van der Waals surface area contributed by atoms with Crippen molar-refractivity contribution < 1.29 is 14.8 Å². The van der Waals surface area contributed by atoms with Gasteiger partial charge in [0.2, 0.25) is 0 Å². The zero-order valence-corrected chi connectivity index (χ0v) is 17.1. The third-order valence-electron chi connectivity index (χ3n) is 5.09. The highest BCUT2D eigenvalue weighted by atomic mass is 32.2. The van der Waals surface area contributed by atoms with Crippen molar-refractivity contribution in [2.45, 2.75) is 6.92 Å². The summed E-state index contributed by atoms with van der Waals surface area (Å²) in [6, 6.07) is 12.1. The average molecular weight is 423 g/mol. The van der Waals surface area contributed by atoms with Gasteiger partial charge in [-0.25, -0.2) is 0 Å². The van der Waals surface area contributed by atoms with Crippen LogP contribution in [0, 0.1) is 17.0 Å². The topological polar surface area (TPSA) is 102 Å². The smallest absolute Gasteiger partial charge is 0.286 e. The van der Waals surface area contributed by atoms with Gasteiger partial charge in [-0.15, -0.1) is 0 Å². The highest BCUT2D eigenvalue weighted by molar-refractivity contribution is 8.18.